The van der Waals surface area contributed by atoms with Crippen LogP contribution in [0.25, 0.3) is 11.4 Å². The number of anilines is 3. The van der Waals surface area contributed by atoms with Crippen LogP contribution in [-0.4, -0.2) is 0 Å². The Balaban J connectivity index is 1.31. The molecule has 0 saturated heterocycles. The maximum atomic E-state index is 6.98. The van der Waals surface area contributed by atoms with Gasteiger partial charge in [-0.3, -0.25) is 0 Å². The molecule has 6 aromatic rings. The van der Waals surface area contributed by atoms with Crippen LogP contribution in [0.15, 0.2) is 103 Å². The average Bonchev–Trinajstić information content (AvgIpc) is 3.39. The van der Waals surface area contributed by atoms with Crippen LogP contribution < -0.4 is 23.5 Å². The van der Waals surface area contributed by atoms with Crippen LogP contribution in [0, 0.1) is 0 Å². The molecule has 1 spiro atoms. The number of rotatable bonds is 2. The molecule has 0 amide bonds. The molecule has 0 N–H and O–H groups in total. The molecule has 6 aliphatic heterocycles. The zero-order valence-electron chi connectivity index (χ0n) is 27.6. The summed E-state index contributed by atoms with van der Waals surface area (Å²) in [5.41, 5.74) is 14.0. The van der Waals surface area contributed by atoms with E-state index in [4.69, 9.17) is 9.47 Å². The molecular formula is C43H33N3O2+2. The third-order valence-electron chi connectivity index (χ3n) is 12.5. The molecule has 5 heteroatoms. The fourth-order valence-corrected chi connectivity index (χ4v) is 10.2. The second kappa shape index (κ2) is 7.65. The van der Waals surface area contributed by atoms with Gasteiger partial charge in [-0.2, -0.15) is 4.90 Å². The Morgan fingerprint density at radius 2 is 1.23 bits per heavy atom. The quantitative estimate of drug-likeness (QED) is 0.180. The van der Waals surface area contributed by atoms with Crippen LogP contribution in [0.1, 0.15) is 85.0 Å². The Morgan fingerprint density at radius 3 is 2.02 bits per heavy atom. The number of benzene rings is 4. The minimum Gasteiger partial charge on any atom is -0.455 e. The van der Waals surface area contributed by atoms with Gasteiger partial charge in [0.2, 0.25) is 5.69 Å². The topological polar surface area (TPSA) is 29.5 Å². The highest BCUT2D eigenvalue weighted by atomic mass is 16.5. The van der Waals surface area contributed by atoms with E-state index in [9.17, 15) is 0 Å². The van der Waals surface area contributed by atoms with Gasteiger partial charge in [0.1, 0.15) is 17.2 Å². The highest BCUT2D eigenvalue weighted by Gasteiger charge is 2.75. The van der Waals surface area contributed by atoms with E-state index in [1.807, 2.05) is 0 Å². The number of hydrogen-bond acceptors (Lipinski definition) is 3. The van der Waals surface area contributed by atoms with E-state index in [2.05, 4.69) is 152 Å². The average molecular weight is 624 g/mol. The Labute approximate surface area is 279 Å². The van der Waals surface area contributed by atoms with E-state index in [0.717, 1.165) is 34.4 Å². The molecule has 2 atom stereocenters. The number of hydrogen-bond donors (Lipinski definition) is 0. The molecule has 48 heavy (non-hydrogen) atoms. The summed E-state index contributed by atoms with van der Waals surface area (Å²) in [7, 11) is 0. The van der Waals surface area contributed by atoms with Crippen molar-refractivity contribution in [1.29, 1.82) is 0 Å². The number of fused-ring (bicyclic) bond motifs is 1. The number of para-hydroxylation sites is 1. The molecule has 230 valence electrons. The SMILES string of the molecule is CC(c1ccccc1)c1cc2[n+]3c(c1)-c1ccc4c5[n+]1C31c3c(cccc3O2)Oc2ccc3c(c21)N5c1c(cccc1C4(C)C)C3(C)C. The maximum absolute atomic E-state index is 6.98. The number of nitrogens with zero attached hydrogens (tertiary/aromatic N) is 3. The van der Waals surface area contributed by atoms with Crippen molar-refractivity contribution in [2.24, 2.45) is 0 Å². The van der Waals surface area contributed by atoms with Gasteiger partial charge < -0.3 is 9.47 Å². The summed E-state index contributed by atoms with van der Waals surface area (Å²) in [5, 5.41) is 0. The summed E-state index contributed by atoms with van der Waals surface area (Å²) in [6.45, 7) is 11.9. The summed E-state index contributed by atoms with van der Waals surface area (Å²) >= 11 is 0. The first-order valence-electron chi connectivity index (χ1n) is 17.1. The van der Waals surface area contributed by atoms with Gasteiger partial charge in [-0.05, 0) is 41.5 Å². The van der Waals surface area contributed by atoms with Gasteiger partial charge in [-0.15, -0.1) is 9.13 Å². The Kier molecular flexibility index (Phi) is 4.09. The van der Waals surface area contributed by atoms with Crippen molar-refractivity contribution in [2.75, 3.05) is 4.90 Å². The lowest BCUT2D eigenvalue weighted by molar-refractivity contribution is -0.937. The minimum absolute atomic E-state index is 0.189. The first-order valence-corrected chi connectivity index (χ1v) is 17.1. The zero-order valence-corrected chi connectivity index (χ0v) is 27.6. The molecule has 0 bridgehead atoms. The summed E-state index contributed by atoms with van der Waals surface area (Å²) < 4.78 is 19.0. The largest absolute Gasteiger partial charge is 0.455 e. The normalized spacial score (nSPS) is 20.8. The summed E-state index contributed by atoms with van der Waals surface area (Å²) in [6, 6.07) is 38.0. The molecule has 2 unspecified atom stereocenters. The predicted molar refractivity (Wildman–Crippen MR) is 183 cm³/mol. The fraction of sp³-hybridized carbons (Fsp3) is 0.209. The van der Waals surface area contributed by atoms with E-state index >= 15 is 0 Å². The molecule has 12 rings (SSSR count). The fourth-order valence-electron chi connectivity index (χ4n) is 10.2. The van der Waals surface area contributed by atoms with Crippen molar-refractivity contribution in [3.8, 4) is 34.5 Å². The van der Waals surface area contributed by atoms with Crippen molar-refractivity contribution in [1.82, 2.24) is 0 Å². The summed E-state index contributed by atoms with van der Waals surface area (Å²) in [5.74, 6) is 4.90. The van der Waals surface area contributed by atoms with Gasteiger partial charge in [-0.25, -0.2) is 0 Å². The second-order valence-electron chi connectivity index (χ2n) is 15.4. The maximum Gasteiger partial charge on any atom is 0.381 e. The minimum atomic E-state index is -0.713. The van der Waals surface area contributed by atoms with Crippen LogP contribution >= 0.6 is 0 Å². The molecule has 0 saturated carbocycles. The molecule has 4 aromatic carbocycles. The van der Waals surface area contributed by atoms with E-state index in [1.165, 1.54) is 61.8 Å². The zero-order chi connectivity index (χ0) is 32.1. The van der Waals surface area contributed by atoms with Gasteiger partial charge in [0.25, 0.3) is 11.5 Å². The van der Waals surface area contributed by atoms with Crippen LogP contribution in [-0.2, 0) is 16.5 Å². The lowest BCUT2D eigenvalue weighted by Gasteiger charge is -2.49. The molecule has 0 radical (unpaired) electrons. The van der Waals surface area contributed by atoms with E-state index in [-0.39, 0.29) is 16.7 Å². The molecular weight excluding hydrogens is 590 g/mol. The van der Waals surface area contributed by atoms with Crippen LogP contribution in [0.4, 0.5) is 17.2 Å². The van der Waals surface area contributed by atoms with Gasteiger partial charge in [-0.1, -0.05) is 95.3 Å². The second-order valence-corrected chi connectivity index (χ2v) is 15.4. The Hall–Kier alpha value is -5.42. The predicted octanol–water partition coefficient (Wildman–Crippen LogP) is 8.96. The van der Waals surface area contributed by atoms with Crippen molar-refractivity contribution < 1.29 is 18.6 Å². The summed E-state index contributed by atoms with van der Waals surface area (Å²) in [4.78, 5) is 2.60. The third-order valence-corrected chi connectivity index (χ3v) is 12.5. The van der Waals surface area contributed by atoms with E-state index < -0.39 is 5.66 Å². The van der Waals surface area contributed by atoms with Gasteiger partial charge >= 0.3 is 11.5 Å². The van der Waals surface area contributed by atoms with Crippen LogP contribution in [0.2, 0.25) is 0 Å². The van der Waals surface area contributed by atoms with Crippen molar-refractivity contribution in [3.05, 3.63) is 148 Å². The molecule has 2 aromatic heterocycles. The van der Waals surface area contributed by atoms with Gasteiger partial charge in [0.15, 0.2) is 22.6 Å². The molecule has 0 fully saturated rings. The first-order chi connectivity index (χ1) is 23.2. The van der Waals surface area contributed by atoms with Crippen LogP contribution in [0.3, 0.4) is 0 Å². The molecule has 8 heterocycles. The number of aromatic nitrogens is 2. The number of pyridine rings is 2. The first kappa shape index (κ1) is 25.6. The smallest absolute Gasteiger partial charge is 0.381 e. The number of ether oxygens (including phenoxy) is 2. The Bertz CT molecular complexity index is 2530. The lowest BCUT2D eigenvalue weighted by atomic mass is 9.64. The standard InChI is InChI=1S/C43H33N3O2/c1-23(24-11-7-6-8-12-24)25-21-31-30-19-17-29-40-44-38-26(13-9-14-27(38)42(29,4)5)41(2,3)28-18-20-34-37(39(28)44)43(46(30)40)36-32(47-34)15-10-16-33(36)48-35(22-25)45(31)43/h6-23H,1-5H3/q+2. The third kappa shape index (κ3) is 2.47. The molecule has 6 aliphatic rings. The van der Waals surface area contributed by atoms with Crippen molar-refractivity contribution >= 4 is 17.2 Å². The van der Waals surface area contributed by atoms with Crippen molar-refractivity contribution in [3.63, 3.8) is 0 Å². The molecule has 0 aliphatic carbocycles. The van der Waals surface area contributed by atoms with E-state index in [0.29, 0.717) is 0 Å². The molecule has 5 nitrogen and oxygen atoms in total. The van der Waals surface area contributed by atoms with Crippen molar-refractivity contribution in [2.45, 2.75) is 57.0 Å². The van der Waals surface area contributed by atoms with Gasteiger partial charge in [0, 0.05) is 39.5 Å². The highest BCUT2D eigenvalue weighted by Crippen LogP contribution is 2.68. The lowest BCUT2D eigenvalue weighted by Crippen LogP contribution is -2.76. The highest BCUT2D eigenvalue weighted by molar-refractivity contribution is 5.95. The monoisotopic (exact) mass is 623 g/mol. The van der Waals surface area contributed by atoms with Crippen LogP contribution in [0.5, 0.6) is 23.1 Å². The van der Waals surface area contributed by atoms with E-state index in [1.54, 1.807) is 0 Å². The Morgan fingerprint density at radius 1 is 0.562 bits per heavy atom. The van der Waals surface area contributed by atoms with Gasteiger partial charge in [0.05, 0.1) is 11.6 Å². The summed E-state index contributed by atoms with van der Waals surface area (Å²) in [6.07, 6.45) is 0.